The molecule has 0 bridgehead atoms. The molecule has 1 atom stereocenters. The summed E-state index contributed by atoms with van der Waals surface area (Å²) in [6.07, 6.45) is 4.90. The fourth-order valence-corrected chi connectivity index (χ4v) is 4.41. The number of nitrogens with zero attached hydrogens (tertiary/aromatic N) is 7. The zero-order valence-corrected chi connectivity index (χ0v) is 19.8. The van der Waals surface area contributed by atoms with Crippen LogP contribution in [0.25, 0.3) is 38.8 Å². The Morgan fingerprint density at radius 2 is 1.70 bits per heavy atom. The second-order valence-electron chi connectivity index (χ2n) is 8.44. The number of nitrogens with one attached hydrogen (secondary N) is 1. The molecular formula is C27H21N9O. The average molecular weight is 488 g/mol. The van der Waals surface area contributed by atoms with Crippen LogP contribution in [-0.4, -0.2) is 34.7 Å². The zero-order valence-electron chi connectivity index (χ0n) is 19.8. The van der Waals surface area contributed by atoms with E-state index in [1.54, 1.807) is 29.2 Å². The molecule has 37 heavy (non-hydrogen) atoms. The summed E-state index contributed by atoms with van der Waals surface area (Å²) in [5.74, 6) is 1.09. The van der Waals surface area contributed by atoms with Crippen LogP contribution in [0, 0.1) is 0 Å². The van der Waals surface area contributed by atoms with Gasteiger partial charge in [-0.25, -0.2) is 9.97 Å². The van der Waals surface area contributed by atoms with Crippen LogP contribution >= 0.6 is 0 Å². The number of para-hydroxylation sites is 1. The van der Waals surface area contributed by atoms with Crippen molar-refractivity contribution in [2.24, 2.45) is 0 Å². The van der Waals surface area contributed by atoms with E-state index >= 15 is 0 Å². The lowest BCUT2D eigenvalue weighted by Crippen LogP contribution is -2.28. The maximum absolute atomic E-state index is 14.2. The molecule has 0 aliphatic carbocycles. The minimum atomic E-state index is -0.442. The molecule has 0 fully saturated rings. The molecule has 0 amide bonds. The topological polar surface area (TPSA) is 137 Å². The number of rotatable bonds is 5. The summed E-state index contributed by atoms with van der Waals surface area (Å²) in [4.78, 5) is 32.2. The second-order valence-corrected chi connectivity index (χ2v) is 8.44. The van der Waals surface area contributed by atoms with Crippen LogP contribution in [0.1, 0.15) is 18.8 Å². The Bertz CT molecular complexity index is 1800. The van der Waals surface area contributed by atoms with Crippen molar-refractivity contribution in [3.8, 4) is 16.8 Å². The van der Waals surface area contributed by atoms with Gasteiger partial charge in [0.1, 0.15) is 11.3 Å². The Hall–Kier alpha value is -5.25. The lowest BCUT2D eigenvalue weighted by molar-refractivity contribution is 0.732. The molecule has 0 saturated carbocycles. The molecule has 0 saturated heterocycles. The van der Waals surface area contributed by atoms with Crippen molar-refractivity contribution in [2.45, 2.75) is 13.0 Å². The third-order valence-corrected chi connectivity index (χ3v) is 6.05. The first-order chi connectivity index (χ1) is 18.1. The second kappa shape index (κ2) is 9.08. The number of benzene rings is 2. The molecule has 4 aromatic heterocycles. The summed E-state index contributed by atoms with van der Waals surface area (Å²) in [5, 5.41) is 11.7. The molecule has 0 spiro atoms. The third kappa shape index (κ3) is 4.00. The van der Waals surface area contributed by atoms with Crippen LogP contribution in [0.2, 0.25) is 0 Å². The van der Waals surface area contributed by atoms with Gasteiger partial charge in [-0.05, 0) is 48.9 Å². The molecule has 3 N–H and O–H groups in total. The van der Waals surface area contributed by atoms with E-state index in [1.807, 2.05) is 67.6 Å². The predicted octanol–water partition coefficient (Wildman–Crippen LogP) is 3.94. The van der Waals surface area contributed by atoms with Gasteiger partial charge in [0, 0.05) is 11.8 Å². The standard InChI is InChI=1S/C27H21N9O/c1-16(32-24-23-21(11-6-13-29-23)34-27(28)35-24)25-33-20-10-5-9-19(17-12-14-30-31-15-17)22(20)26(37)36(25)18-7-3-2-4-8-18/h2-16H,1H3,(H3,28,32,34,35). The van der Waals surface area contributed by atoms with E-state index in [4.69, 9.17) is 10.7 Å². The number of hydrogen-bond acceptors (Lipinski definition) is 9. The Morgan fingerprint density at radius 1 is 0.865 bits per heavy atom. The minimum absolute atomic E-state index is 0.123. The number of nitrogen functional groups attached to an aromatic ring is 1. The van der Waals surface area contributed by atoms with Gasteiger partial charge in [0.05, 0.1) is 40.5 Å². The summed E-state index contributed by atoms with van der Waals surface area (Å²) in [7, 11) is 0. The Labute approximate surface area is 210 Å². The summed E-state index contributed by atoms with van der Waals surface area (Å²) < 4.78 is 1.62. The fourth-order valence-electron chi connectivity index (χ4n) is 4.41. The maximum Gasteiger partial charge on any atom is 0.266 e. The quantitative estimate of drug-likeness (QED) is 0.370. The smallest absolute Gasteiger partial charge is 0.266 e. The lowest BCUT2D eigenvalue weighted by Gasteiger charge is -2.21. The van der Waals surface area contributed by atoms with Gasteiger partial charge in [-0.1, -0.05) is 30.3 Å². The van der Waals surface area contributed by atoms with E-state index in [9.17, 15) is 4.79 Å². The number of hydrogen-bond donors (Lipinski definition) is 2. The van der Waals surface area contributed by atoms with Crippen LogP contribution in [0.15, 0.2) is 90.1 Å². The van der Waals surface area contributed by atoms with Gasteiger partial charge in [0.2, 0.25) is 5.95 Å². The lowest BCUT2D eigenvalue weighted by atomic mass is 10.0. The van der Waals surface area contributed by atoms with Crippen molar-refractivity contribution < 1.29 is 0 Å². The highest BCUT2D eigenvalue weighted by Crippen LogP contribution is 2.28. The van der Waals surface area contributed by atoms with Crippen molar-refractivity contribution in [1.29, 1.82) is 0 Å². The highest BCUT2D eigenvalue weighted by Gasteiger charge is 2.21. The molecule has 10 heteroatoms. The van der Waals surface area contributed by atoms with E-state index in [2.05, 4.69) is 30.5 Å². The molecule has 4 heterocycles. The summed E-state index contributed by atoms with van der Waals surface area (Å²) in [5.41, 5.74) is 9.74. The van der Waals surface area contributed by atoms with Gasteiger partial charge in [-0.3, -0.25) is 14.3 Å². The average Bonchev–Trinajstić information content (AvgIpc) is 2.93. The molecule has 1 unspecified atom stereocenters. The minimum Gasteiger partial charge on any atom is -0.368 e. The number of anilines is 2. The molecule has 6 rings (SSSR count). The first kappa shape index (κ1) is 22.2. The first-order valence-electron chi connectivity index (χ1n) is 11.6. The van der Waals surface area contributed by atoms with E-state index in [0.717, 1.165) is 11.1 Å². The summed E-state index contributed by atoms with van der Waals surface area (Å²) in [6, 6.07) is 20.0. The SMILES string of the molecule is CC(Nc1nc(N)nc2cccnc12)c1nc2cccc(-c3ccnnc3)c2c(=O)n1-c1ccccc1. The largest absolute Gasteiger partial charge is 0.368 e. The van der Waals surface area contributed by atoms with E-state index in [1.165, 1.54) is 0 Å². The van der Waals surface area contributed by atoms with Gasteiger partial charge in [-0.2, -0.15) is 15.2 Å². The van der Waals surface area contributed by atoms with Crippen molar-refractivity contribution in [3.63, 3.8) is 0 Å². The van der Waals surface area contributed by atoms with Gasteiger partial charge in [0.25, 0.3) is 5.56 Å². The monoisotopic (exact) mass is 487 g/mol. The molecule has 2 aromatic carbocycles. The third-order valence-electron chi connectivity index (χ3n) is 6.05. The van der Waals surface area contributed by atoms with Gasteiger partial charge < -0.3 is 11.1 Å². The summed E-state index contributed by atoms with van der Waals surface area (Å²) in [6.45, 7) is 1.91. The van der Waals surface area contributed by atoms with Crippen LogP contribution < -0.4 is 16.6 Å². The fraction of sp³-hybridized carbons (Fsp3) is 0.0741. The predicted molar refractivity (Wildman–Crippen MR) is 142 cm³/mol. The Balaban J connectivity index is 1.57. The highest BCUT2D eigenvalue weighted by atomic mass is 16.1. The Kier molecular flexibility index (Phi) is 5.45. The molecule has 0 radical (unpaired) electrons. The molecule has 0 aliphatic rings. The number of aromatic nitrogens is 7. The van der Waals surface area contributed by atoms with Gasteiger partial charge in [0.15, 0.2) is 5.82 Å². The maximum atomic E-state index is 14.2. The van der Waals surface area contributed by atoms with Crippen molar-refractivity contribution in [2.75, 3.05) is 11.1 Å². The van der Waals surface area contributed by atoms with Crippen LogP contribution in [-0.2, 0) is 0 Å². The summed E-state index contributed by atoms with van der Waals surface area (Å²) >= 11 is 0. The van der Waals surface area contributed by atoms with Crippen molar-refractivity contribution >= 4 is 33.7 Å². The molecule has 6 aromatic rings. The molecular weight excluding hydrogens is 466 g/mol. The molecule has 10 nitrogen and oxygen atoms in total. The zero-order chi connectivity index (χ0) is 25.4. The van der Waals surface area contributed by atoms with Gasteiger partial charge in [-0.15, -0.1) is 0 Å². The van der Waals surface area contributed by atoms with E-state index in [0.29, 0.717) is 39.3 Å². The van der Waals surface area contributed by atoms with Crippen LogP contribution in [0.3, 0.4) is 0 Å². The van der Waals surface area contributed by atoms with Gasteiger partial charge >= 0.3 is 0 Å². The van der Waals surface area contributed by atoms with Crippen molar-refractivity contribution in [1.82, 2.24) is 34.7 Å². The molecule has 0 aliphatic heterocycles. The number of pyridine rings is 1. The van der Waals surface area contributed by atoms with Crippen LogP contribution in [0.4, 0.5) is 11.8 Å². The first-order valence-corrected chi connectivity index (χ1v) is 11.6. The van der Waals surface area contributed by atoms with E-state index < -0.39 is 6.04 Å². The van der Waals surface area contributed by atoms with E-state index in [-0.39, 0.29) is 11.5 Å². The van der Waals surface area contributed by atoms with Crippen molar-refractivity contribution in [3.05, 3.63) is 101 Å². The normalized spacial score (nSPS) is 12.0. The van der Waals surface area contributed by atoms with Crippen LogP contribution in [0.5, 0.6) is 0 Å². The highest BCUT2D eigenvalue weighted by molar-refractivity contribution is 5.94. The number of nitrogens with two attached hydrogens (primary N) is 1. The Morgan fingerprint density at radius 3 is 2.51 bits per heavy atom. The number of fused-ring (bicyclic) bond motifs is 2. The molecule has 180 valence electrons.